The SMILES string of the molecule is Cc1ccc2oc(C(=O)N(C)C3CCCNCC3)cc2c1.Cl. The molecule has 0 spiro atoms. The second-order valence-electron chi connectivity index (χ2n) is 5.90. The summed E-state index contributed by atoms with van der Waals surface area (Å²) in [5, 5.41) is 4.37. The van der Waals surface area contributed by atoms with Crippen molar-refractivity contribution in [2.45, 2.75) is 32.2 Å². The maximum Gasteiger partial charge on any atom is 0.289 e. The van der Waals surface area contributed by atoms with Gasteiger partial charge in [-0.3, -0.25) is 4.79 Å². The molecule has 0 saturated carbocycles. The number of hydrogen-bond donors (Lipinski definition) is 1. The summed E-state index contributed by atoms with van der Waals surface area (Å²) in [6, 6.07) is 8.13. The van der Waals surface area contributed by atoms with Crippen LogP contribution in [0.25, 0.3) is 11.0 Å². The Hall–Kier alpha value is -1.52. The average Bonchev–Trinajstić information content (AvgIpc) is 2.71. The van der Waals surface area contributed by atoms with Crippen molar-refractivity contribution in [2.75, 3.05) is 20.1 Å². The van der Waals surface area contributed by atoms with Gasteiger partial charge < -0.3 is 14.6 Å². The van der Waals surface area contributed by atoms with Gasteiger partial charge in [-0.1, -0.05) is 11.6 Å². The number of hydrogen-bond acceptors (Lipinski definition) is 3. The molecule has 1 aromatic carbocycles. The molecule has 1 unspecified atom stereocenters. The van der Waals surface area contributed by atoms with Crippen molar-refractivity contribution in [3.8, 4) is 0 Å². The van der Waals surface area contributed by atoms with E-state index in [0.717, 1.165) is 43.3 Å². The van der Waals surface area contributed by atoms with E-state index in [-0.39, 0.29) is 18.3 Å². The highest BCUT2D eigenvalue weighted by molar-refractivity contribution is 5.96. The summed E-state index contributed by atoms with van der Waals surface area (Å²) in [6.45, 7) is 4.06. The van der Waals surface area contributed by atoms with Crippen LogP contribution in [0.2, 0.25) is 0 Å². The van der Waals surface area contributed by atoms with Crippen molar-refractivity contribution in [2.24, 2.45) is 0 Å². The van der Waals surface area contributed by atoms with E-state index in [4.69, 9.17) is 4.42 Å². The first-order valence-electron chi connectivity index (χ1n) is 7.63. The number of aryl methyl sites for hydroxylation is 1. The summed E-state index contributed by atoms with van der Waals surface area (Å²) in [6.07, 6.45) is 3.16. The predicted molar refractivity (Wildman–Crippen MR) is 90.8 cm³/mol. The lowest BCUT2D eigenvalue weighted by atomic mass is 10.1. The van der Waals surface area contributed by atoms with E-state index < -0.39 is 0 Å². The third-order valence-electron chi connectivity index (χ3n) is 4.30. The molecule has 2 heterocycles. The summed E-state index contributed by atoms with van der Waals surface area (Å²) >= 11 is 0. The Bertz CT molecular complexity index is 645. The van der Waals surface area contributed by atoms with Crippen molar-refractivity contribution in [1.82, 2.24) is 10.2 Å². The topological polar surface area (TPSA) is 45.5 Å². The summed E-state index contributed by atoms with van der Waals surface area (Å²) in [5.41, 5.74) is 1.95. The summed E-state index contributed by atoms with van der Waals surface area (Å²) in [5.74, 6) is 0.422. The zero-order valence-electron chi connectivity index (χ0n) is 13.1. The number of furan rings is 1. The van der Waals surface area contributed by atoms with Crippen LogP contribution < -0.4 is 5.32 Å². The molecule has 1 aromatic heterocycles. The highest BCUT2D eigenvalue weighted by atomic mass is 35.5. The number of nitrogens with zero attached hydrogens (tertiary/aromatic N) is 1. The van der Waals surface area contributed by atoms with Crippen LogP contribution in [0.1, 0.15) is 35.4 Å². The van der Waals surface area contributed by atoms with E-state index in [2.05, 4.69) is 5.32 Å². The zero-order valence-corrected chi connectivity index (χ0v) is 13.9. The minimum Gasteiger partial charge on any atom is -0.451 e. The van der Waals surface area contributed by atoms with E-state index in [9.17, 15) is 4.79 Å². The first-order valence-corrected chi connectivity index (χ1v) is 7.63. The van der Waals surface area contributed by atoms with E-state index in [1.54, 1.807) is 0 Å². The van der Waals surface area contributed by atoms with Crippen LogP contribution in [-0.4, -0.2) is 37.0 Å². The highest BCUT2D eigenvalue weighted by Crippen LogP contribution is 2.23. The fraction of sp³-hybridized carbons (Fsp3) is 0.471. The van der Waals surface area contributed by atoms with Gasteiger partial charge in [0.2, 0.25) is 0 Å². The quantitative estimate of drug-likeness (QED) is 0.922. The van der Waals surface area contributed by atoms with Crippen molar-refractivity contribution >= 4 is 29.3 Å². The number of benzene rings is 1. The Morgan fingerprint density at radius 2 is 2.09 bits per heavy atom. The van der Waals surface area contributed by atoms with Crippen LogP contribution in [-0.2, 0) is 0 Å². The predicted octanol–water partition coefficient (Wildman–Crippen LogP) is 3.38. The third kappa shape index (κ3) is 3.45. The van der Waals surface area contributed by atoms with E-state index in [1.165, 1.54) is 5.56 Å². The van der Waals surface area contributed by atoms with Gasteiger partial charge in [0.15, 0.2) is 5.76 Å². The summed E-state index contributed by atoms with van der Waals surface area (Å²) < 4.78 is 5.72. The van der Waals surface area contributed by atoms with Crippen LogP contribution in [0, 0.1) is 6.92 Å². The monoisotopic (exact) mass is 322 g/mol. The maximum absolute atomic E-state index is 12.6. The Morgan fingerprint density at radius 3 is 2.91 bits per heavy atom. The number of halogens is 1. The molecule has 2 aromatic rings. The van der Waals surface area contributed by atoms with Gasteiger partial charge in [-0.2, -0.15) is 0 Å². The zero-order chi connectivity index (χ0) is 14.8. The van der Waals surface area contributed by atoms with Gasteiger partial charge >= 0.3 is 0 Å². The standard InChI is InChI=1S/C17H22N2O2.ClH/c1-12-5-6-15-13(10-12)11-16(21-15)17(20)19(2)14-4-3-8-18-9-7-14;/h5-6,10-11,14,18H,3-4,7-9H2,1-2H3;1H. The molecule has 1 N–H and O–H groups in total. The molecule has 1 aliphatic rings. The molecular formula is C17H23ClN2O2. The lowest BCUT2D eigenvalue weighted by Crippen LogP contribution is -2.37. The number of nitrogens with one attached hydrogen (secondary N) is 1. The lowest BCUT2D eigenvalue weighted by Gasteiger charge is -2.26. The molecule has 1 saturated heterocycles. The van der Waals surface area contributed by atoms with Gasteiger partial charge in [-0.25, -0.2) is 0 Å². The Morgan fingerprint density at radius 1 is 1.27 bits per heavy atom. The molecule has 120 valence electrons. The second-order valence-corrected chi connectivity index (χ2v) is 5.90. The first kappa shape index (κ1) is 16.8. The molecular weight excluding hydrogens is 300 g/mol. The lowest BCUT2D eigenvalue weighted by molar-refractivity contribution is 0.0690. The minimum absolute atomic E-state index is 0. The fourth-order valence-electron chi connectivity index (χ4n) is 3.00. The van der Waals surface area contributed by atoms with Crippen molar-refractivity contribution in [1.29, 1.82) is 0 Å². The fourth-order valence-corrected chi connectivity index (χ4v) is 3.00. The number of rotatable bonds is 2. The van der Waals surface area contributed by atoms with E-state index >= 15 is 0 Å². The van der Waals surface area contributed by atoms with Crippen molar-refractivity contribution < 1.29 is 9.21 Å². The molecule has 3 rings (SSSR count). The van der Waals surface area contributed by atoms with Crippen molar-refractivity contribution in [3.05, 3.63) is 35.6 Å². The Labute approximate surface area is 137 Å². The molecule has 1 atom stereocenters. The normalized spacial score (nSPS) is 18.5. The van der Waals surface area contributed by atoms with E-state index in [0.29, 0.717) is 11.8 Å². The van der Waals surface area contributed by atoms with Crippen LogP contribution >= 0.6 is 12.4 Å². The number of fused-ring (bicyclic) bond motifs is 1. The third-order valence-corrected chi connectivity index (χ3v) is 4.30. The number of carbonyl (C=O) groups is 1. The van der Waals surface area contributed by atoms with Crippen LogP contribution in [0.15, 0.2) is 28.7 Å². The molecule has 1 fully saturated rings. The van der Waals surface area contributed by atoms with Crippen LogP contribution in [0.4, 0.5) is 0 Å². The molecule has 0 aliphatic carbocycles. The van der Waals surface area contributed by atoms with Crippen LogP contribution in [0.5, 0.6) is 0 Å². The van der Waals surface area contributed by atoms with E-state index in [1.807, 2.05) is 43.1 Å². The maximum atomic E-state index is 12.6. The molecule has 22 heavy (non-hydrogen) atoms. The second kappa shape index (κ2) is 7.16. The van der Waals surface area contributed by atoms with Gasteiger partial charge in [0.25, 0.3) is 5.91 Å². The molecule has 1 amide bonds. The smallest absolute Gasteiger partial charge is 0.289 e. The van der Waals surface area contributed by atoms with Gasteiger partial charge in [0.05, 0.1) is 0 Å². The summed E-state index contributed by atoms with van der Waals surface area (Å²) in [7, 11) is 1.89. The first-order chi connectivity index (χ1) is 10.1. The number of amides is 1. The largest absolute Gasteiger partial charge is 0.451 e. The molecule has 5 heteroatoms. The highest BCUT2D eigenvalue weighted by Gasteiger charge is 2.24. The molecule has 4 nitrogen and oxygen atoms in total. The van der Waals surface area contributed by atoms with Gasteiger partial charge in [-0.05, 0) is 57.5 Å². The Kier molecular flexibility index (Phi) is 5.48. The molecule has 0 radical (unpaired) electrons. The summed E-state index contributed by atoms with van der Waals surface area (Å²) in [4.78, 5) is 14.5. The average molecular weight is 323 g/mol. The van der Waals surface area contributed by atoms with Crippen LogP contribution in [0.3, 0.4) is 0 Å². The molecule has 0 bridgehead atoms. The molecule has 1 aliphatic heterocycles. The van der Waals surface area contributed by atoms with Gasteiger partial charge in [-0.15, -0.1) is 12.4 Å². The van der Waals surface area contributed by atoms with Gasteiger partial charge in [0, 0.05) is 18.5 Å². The number of carbonyl (C=O) groups excluding carboxylic acids is 1. The Balaban J connectivity index is 0.00000176. The van der Waals surface area contributed by atoms with Crippen molar-refractivity contribution in [3.63, 3.8) is 0 Å². The minimum atomic E-state index is -0.0178. The van der Waals surface area contributed by atoms with Gasteiger partial charge in [0.1, 0.15) is 5.58 Å².